The van der Waals surface area contributed by atoms with Crippen LogP contribution < -0.4 is 19.5 Å². The molecular weight excluding hydrogens is 1040 g/mol. The van der Waals surface area contributed by atoms with E-state index in [-0.39, 0.29) is 47.4 Å². The van der Waals surface area contributed by atoms with E-state index >= 15 is 0 Å². The molecule has 0 radical (unpaired) electrons. The fourth-order valence-electron chi connectivity index (χ4n) is 5.90. The van der Waals surface area contributed by atoms with Gasteiger partial charge in [0.25, 0.3) is 0 Å². The van der Waals surface area contributed by atoms with Crippen LogP contribution >= 0.6 is 56.7 Å². The van der Waals surface area contributed by atoms with Gasteiger partial charge in [0.05, 0.1) is 6.61 Å². The van der Waals surface area contributed by atoms with E-state index in [4.69, 9.17) is 14.2 Å². The summed E-state index contributed by atoms with van der Waals surface area (Å²) in [5.41, 5.74) is 2.46. The maximum atomic E-state index is 5.94. The van der Waals surface area contributed by atoms with Crippen molar-refractivity contribution < 1.29 is 54.2 Å². The van der Waals surface area contributed by atoms with E-state index in [2.05, 4.69) is 117 Å². The molecule has 0 bridgehead atoms. The molecule has 1 N–H and O–H groups in total. The van der Waals surface area contributed by atoms with E-state index in [0.29, 0.717) is 13.2 Å². The van der Waals surface area contributed by atoms with Crippen molar-refractivity contribution in [1.82, 2.24) is 0 Å². The Morgan fingerprint density at radius 2 is 1.00 bits per heavy atom. The number of fused-ring (bicyclic) bond motifs is 1. The minimum atomic E-state index is 0. The van der Waals surface area contributed by atoms with Crippen molar-refractivity contribution in [2.75, 3.05) is 32.2 Å². The van der Waals surface area contributed by atoms with Crippen LogP contribution in [0, 0.1) is 116 Å². The molecule has 4 nitrogen and oxygen atoms in total. The number of nitrogens with one attached hydrogen (secondary N) is 1. The maximum absolute atomic E-state index is 5.94. The first-order chi connectivity index (χ1) is 27.4. The molecular formula is C49H69NO3S5Th. The summed E-state index contributed by atoms with van der Waals surface area (Å²) in [6, 6.07) is 23.7. The smallest absolute Gasteiger partial charge is 0.492 e. The minimum absolute atomic E-state index is 0. The first-order valence-electron chi connectivity index (χ1n) is 20.3. The molecule has 0 saturated heterocycles. The topological polar surface area (TPSA) is 39.7 Å². The third kappa shape index (κ3) is 20.8. The average Bonchev–Trinajstić information content (AvgIpc) is 4.04. The zero-order chi connectivity index (χ0) is 41.6. The number of hydrogen-bond donors (Lipinski definition) is 1. The standard InChI is InChI=1S/C17H30OS.C10H10S2.C8H10O2S.C7H8N.C6H8S.CH3.Th/c1-5-6-7-8-9-10-11-12-13-18-17-14(2)15(3)19-16(17)4;1-7-3-5-9(11-7)10-6-4-8(2)12-10;1-5-7-8(6(2)11-5)10-4-3-9-7;1-8-7-5-3-2-4-6-7;1-5-3-4-6(2)7-5;;/h5-13H2,1-4H3;3-6H,1-2H3;3-4H2,1-2H3;3-6,8H,1H3;3-4H,1-2H3;1H3;/q;;;-1;;-1;+2. The van der Waals surface area contributed by atoms with Gasteiger partial charge < -0.3 is 27.0 Å². The molecule has 1 aromatic carbocycles. The van der Waals surface area contributed by atoms with E-state index in [1.54, 1.807) is 11.3 Å². The van der Waals surface area contributed by atoms with Crippen molar-refractivity contribution in [2.24, 2.45) is 0 Å². The van der Waals surface area contributed by atoms with Crippen LogP contribution in [0.25, 0.3) is 9.75 Å². The molecule has 6 heterocycles. The Bertz CT molecular complexity index is 1890. The molecule has 322 valence electrons. The second kappa shape index (κ2) is 31.1. The SMILES string of the molecule is CCCCCCCCCCOc1c(C)sc(C)c1C.CNc1cc[c-]cc1.Cc1ccc(-c2ccc(C)s2)s1.Cc1ccc(C)s1.Cc1sc(C)c2c1OCCO2.[CH3-].[Th+2]. The first kappa shape index (κ1) is 55.3. The molecule has 1 aliphatic rings. The fraction of sp³-hybridized carbons (Fsp3) is 0.449. The Hall–Kier alpha value is -1.76. The van der Waals surface area contributed by atoms with E-state index in [1.165, 1.54) is 106 Å². The van der Waals surface area contributed by atoms with Gasteiger partial charge in [0.15, 0.2) is 11.5 Å². The van der Waals surface area contributed by atoms with Gasteiger partial charge in [-0.2, -0.15) is 18.2 Å². The minimum Gasteiger partial charge on any atom is -0.492 e. The summed E-state index contributed by atoms with van der Waals surface area (Å²) in [6.45, 7) is 23.7. The van der Waals surface area contributed by atoms with Gasteiger partial charge in [0.1, 0.15) is 19.0 Å². The molecule has 0 saturated carbocycles. The molecule has 1 aliphatic heterocycles. The number of thiophene rings is 5. The van der Waals surface area contributed by atoms with Gasteiger partial charge in [-0.15, -0.1) is 68.8 Å². The molecule has 6 aromatic rings. The van der Waals surface area contributed by atoms with Gasteiger partial charge in [0, 0.05) is 61.4 Å². The van der Waals surface area contributed by atoms with Crippen molar-refractivity contribution in [2.45, 2.75) is 121 Å². The van der Waals surface area contributed by atoms with Gasteiger partial charge in [-0.1, -0.05) is 57.6 Å². The van der Waals surface area contributed by atoms with Crippen LogP contribution in [-0.4, -0.2) is 26.9 Å². The predicted octanol–water partition coefficient (Wildman–Crippen LogP) is 16.8. The molecule has 0 spiro atoms. The summed E-state index contributed by atoms with van der Waals surface area (Å²) < 4.78 is 16.9. The second-order valence-electron chi connectivity index (χ2n) is 14.1. The Labute approximate surface area is 410 Å². The maximum Gasteiger partial charge on any atom is 2.00 e. The zero-order valence-electron chi connectivity index (χ0n) is 37.8. The molecule has 0 amide bonds. The molecule has 7 rings (SSSR count). The van der Waals surface area contributed by atoms with Crippen LogP contribution in [0.3, 0.4) is 0 Å². The molecule has 0 fully saturated rings. The molecule has 0 aliphatic carbocycles. The first-order valence-corrected chi connectivity index (χ1v) is 24.4. The number of anilines is 1. The third-order valence-electron chi connectivity index (χ3n) is 9.07. The number of benzene rings is 1. The molecule has 0 unspecified atom stereocenters. The molecule has 5 aromatic heterocycles. The Balaban J connectivity index is 0.000000381. The van der Waals surface area contributed by atoms with Crippen LogP contribution in [0.15, 0.2) is 60.7 Å². The van der Waals surface area contributed by atoms with E-state index in [9.17, 15) is 0 Å². The fourth-order valence-corrected chi connectivity index (χ4v) is 10.5. The predicted molar refractivity (Wildman–Crippen MR) is 264 cm³/mol. The summed E-state index contributed by atoms with van der Waals surface area (Å²) in [7, 11) is 1.90. The normalized spacial score (nSPS) is 10.8. The number of rotatable bonds is 12. The average molecular weight is 1110 g/mol. The van der Waals surface area contributed by atoms with Gasteiger partial charge in [-0.3, -0.25) is 0 Å². The molecule has 0 atom stereocenters. The van der Waals surface area contributed by atoms with Crippen LogP contribution in [0.1, 0.15) is 103 Å². The van der Waals surface area contributed by atoms with Crippen molar-refractivity contribution in [3.05, 3.63) is 119 Å². The molecule has 59 heavy (non-hydrogen) atoms. The Morgan fingerprint density at radius 1 is 0.559 bits per heavy atom. The quantitative estimate of drug-likeness (QED) is 0.0979. The monoisotopic (exact) mass is 1110 g/mol. The number of unbranched alkanes of at least 4 members (excludes halogenated alkanes) is 7. The third-order valence-corrected chi connectivity index (χ3v) is 14.3. The zero-order valence-corrected chi connectivity index (χ0v) is 46.0. The van der Waals surface area contributed by atoms with Crippen LogP contribution in [-0.2, 0) is 0 Å². The number of aryl methyl sites for hydroxylation is 8. The van der Waals surface area contributed by atoms with Crippen LogP contribution in [0.2, 0.25) is 0 Å². The van der Waals surface area contributed by atoms with Crippen molar-refractivity contribution in [3.63, 3.8) is 0 Å². The summed E-state index contributed by atoms with van der Waals surface area (Å²) in [6.07, 6.45) is 10.8. The van der Waals surface area contributed by atoms with Crippen molar-refractivity contribution in [3.8, 4) is 27.0 Å². The van der Waals surface area contributed by atoms with Crippen molar-refractivity contribution >= 4 is 62.4 Å². The van der Waals surface area contributed by atoms with E-state index in [1.807, 2.05) is 76.7 Å². The van der Waals surface area contributed by atoms with E-state index in [0.717, 1.165) is 29.5 Å². The Morgan fingerprint density at radius 3 is 1.37 bits per heavy atom. The van der Waals surface area contributed by atoms with Gasteiger partial charge in [-0.25, -0.2) is 0 Å². The van der Waals surface area contributed by atoms with Gasteiger partial charge in [-0.05, 0) is 105 Å². The second-order valence-corrected chi connectivity index (χ2v) is 21.0. The number of ether oxygens (including phenoxy) is 3. The molecule has 10 heteroatoms. The largest absolute Gasteiger partial charge is 2.00 e. The van der Waals surface area contributed by atoms with Crippen molar-refractivity contribution in [1.29, 1.82) is 0 Å². The number of hydrogen-bond acceptors (Lipinski definition) is 9. The summed E-state index contributed by atoms with van der Waals surface area (Å²) in [5, 5.41) is 3.01. The Kier molecular flexibility index (Phi) is 29.2. The van der Waals surface area contributed by atoms with E-state index < -0.39 is 0 Å². The summed E-state index contributed by atoms with van der Waals surface area (Å²) in [5.74, 6) is 3.06. The van der Waals surface area contributed by atoms with Crippen LogP contribution in [0.4, 0.5) is 5.69 Å². The summed E-state index contributed by atoms with van der Waals surface area (Å²) in [4.78, 5) is 13.5. The van der Waals surface area contributed by atoms with Gasteiger partial charge in [0.2, 0.25) is 0 Å². The van der Waals surface area contributed by atoms with Gasteiger partial charge >= 0.3 is 39.9 Å². The summed E-state index contributed by atoms with van der Waals surface area (Å²) >= 11 is 9.16. The van der Waals surface area contributed by atoms with Crippen LogP contribution in [0.5, 0.6) is 17.2 Å².